The Bertz CT molecular complexity index is 1420. The number of aliphatic hydroxyl groups excluding tert-OH is 1. The Kier molecular flexibility index (Phi) is 13.6. The molecular formula is C33H41N3O10. The van der Waals surface area contributed by atoms with E-state index in [1.165, 1.54) is 19.2 Å². The van der Waals surface area contributed by atoms with E-state index in [9.17, 15) is 19.8 Å². The zero-order valence-corrected chi connectivity index (χ0v) is 26.6. The van der Waals surface area contributed by atoms with Gasteiger partial charge in [-0.1, -0.05) is 48.5 Å². The van der Waals surface area contributed by atoms with E-state index < -0.39 is 42.1 Å². The topological polar surface area (TPSA) is 179 Å². The van der Waals surface area contributed by atoms with Crippen LogP contribution in [0.25, 0.3) is 16.5 Å². The van der Waals surface area contributed by atoms with Crippen molar-refractivity contribution in [1.29, 1.82) is 0 Å². The van der Waals surface area contributed by atoms with Gasteiger partial charge in [-0.2, -0.15) is 0 Å². The number of benzene rings is 2. The zero-order valence-electron chi connectivity index (χ0n) is 26.6. The Morgan fingerprint density at radius 1 is 1.13 bits per heavy atom. The Balaban J connectivity index is 1.93. The molecule has 1 aliphatic rings. The molecule has 2 N–H and O–H groups in total. The molecule has 1 heterocycles. The summed E-state index contributed by atoms with van der Waals surface area (Å²) in [4.78, 5) is 28.1. The molecule has 1 aliphatic heterocycles. The molecule has 0 spiro atoms. The van der Waals surface area contributed by atoms with Crippen LogP contribution in [-0.2, 0) is 18.9 Å². The van der Waals surface area contributed by atoms with Crippen LogP contribution >= 0.6 is 0 Å². The molecule has 1 fully saturated rings. The number of carboxylic acid groups (broad SMARTS) is 1. The van der Waals surface area contributed by atoms with Crippen LogP contribution in [0.5, 0.6) is 11.5 Å². The summed E-state index contributed by atoms with van der Waals surface area (Å²) in [5.74, 6) is -2.69. The SMILES string of the molecule is COCOc1cc(OCCN=[N+]=[N-])cc(/C=C/C[C@@H]2OC(C)(C)OC2C(/C=C\[C@@H](C)[C@H](C)O)OC(=O)c2ccccc2)c1C(=O)O. The van der Waals surface area contributed by atoms with Crippen molar-refractivity contribution in [3.05, 3.63) is 87.8 Å². The molecule has 0 aliphatic carbocycles. The maximum atomic E-state index is 13.1. The number of rotatable bonds is 17. The third-order valence-corrected chi connectivity index (χ3v) is 7.00. The third-order valence-electron chi connectivity index (χ3n) is 7.00. The molecule has 0 radical (unpaired) electrons. The van der Waals surface area contributed by atoms with E-state index in [1.807, 2.05) is 6.92 Å². The van der Waals surface area contributed by atoms with Gasteiger partial charge >= 0.3 is 11.9 Å². The van der Waals surface area contributed by atoms with Crippen LogP contribution in [0.15, 0.2) is 65.8 Å². The minimum absolute atomic E-state index is 0.0278. The van der Waals surface area contributed by atoms with Gasteiger partial charge in [-0.05, 0) is 68.5 Å². The molecule has 2 aromatic rings. The first kappa shape index (κ1) is 36.1. The predicted octanol–water partition coefficient (Wildman–Crippen LogP) is 5.78. The maximum Gasteiger partial charge on any atom is 0.340 e. The van der Waals surface area contributed by atoms with Crippen molar-refractivity contribution >= 4 is 18.0 Å². The third kappa shape index (κ3) is 10.6. The lowest BCUT2D eigenvalue weighted by atomic mass is 9.99. The number of carbonyl (C=O) groups is 2. The first-order valence-corrected chi connectivity index (χ1v) is 14.8. The van der Waals surface area contributed by atoms with Crippen molar-refractivity contribution in [1.82, 2.24) is 0 Å². The number of carboxylic acids is 1. The van der Waals surface area contributed by atoms with Crippen LogP contribution in [0, 0.1) is 5.92 Å². The molecule has 0 saturated carbocycles. The van der Waals surface area contributed by atoms with Crippen molar-refractivity contribution in [2.24, 2.45) is 11.0 Å². The molecule has 13 nitrogen and oxygen atoms in total. The second-order valence-corrected chi connectivity index (χ2v) is 11.0. The van der Waals surface area contributed by atoms with Crippen molar-refractivity contribution < 1.29 is 48.2 Å². The van der Waals surface area contributed by atoms with Crippen molar-refractivity contribution in [2.75, 3.05) is 27.1 Å². The van der Waals surface area contributed by atoms with Gasteiger partial charge in [0.05, 0.1) is 30.9 Å². The molecule has 2 unspecified atom stereocenters. The van der Waals surface area contributed by atoms with E-state index in [4.69, 9.17) is 34.0 Å². The summed E-state index contributed by atoms with van der Waals surface area (Å²) in [6.45, 7) is 6.96. The van der Waals surface area contributed by atoms with Crippen LogP contribution in [0.3, 0.4) is 0 Å². The standard InChI is InChI=1S/C33H41N3O10/c1-21(22(2)37)14-15-26(44-32(40)23-10-7-6-8-11-23)30-27(45-33(3,4)46-30)13-9-12-24-18-25(42-17-16-35-36-34)19-28(43-20-41-5)29(24)31(38)39/h6-12,14-15,18-19,21-22,26-27,30,37H,13,16-17,20H2,1-5H3,(H,38,39)/b12-9+,15-14-/t21-,22+,26?,27+,30?/m1/s1. The molecule has 0 aromatic heterocycles. The molecule has 2 aromatic carbocycles. The molecule has 13 heteroatoms. The van der Waals surface area contributed by atoms with Gasteiger partial charge in [-0.25, -0.2) is 9.59 Å². The Morgan fingerprint density at radius 2 is 1.87 bits per heavy atom. The lowest BCUT2D eigenvalue weighted by Crippen LogP contribution is -2.37. The highest BCUT2D eigenvalue weighted by Crippen LogP contribution is 2.35. The molecule has 0 amide bonds. The van der Waals surface area contributed by atoms with Crippen LogP contribution in [-0.4, -0.2) is 79.4 Å². The predicted molar refractivity (Wildman–Crippen MR) is 169 cm³/mol. The number of aromatic carboxylic acids is 1. The fraction of sp³-hybridized carbons (Fsp3) is 0.455. The van der Waals surface area contributed by atoms with E-state index >= 15 is 0 Å². The van der Waals surface area contributed by atoms with Crippen LogP contribution < -0.4 is 9.47 Å². The number of hydrogen-bond donors (Lipinski definition) is 2. The first-order chi connectivity index (χ1) is 22.0. The first-order valence-electron chi connectivity index (χ1n) is 14.8. The van der Waals surface area contributed by atoms with Crippen LogP contribution in [0.2, 0.25) is 0 Å². The van der Waals surface area contributed by atoms with Gasteiger partial charge in [0, 0.05) is 18.1 Å². The fourth-order valence-electron chi connectivity index (χ4n) is 4.62. The van der Waals surface area contributed by atoms with Gasteiger partial charge in [-0.3, -0.25) is 0 Å². The zero-order chi connectivity index (χ0) is 33.7. The molecular weight excluding hydrogens is 598 g/mol. The van der Waals surface area contributed by atoms with Gasteiger partial charge in [-0.15, -0.1) is 0 Å². The van der Waals surface area contributed by atoms with Crippen molar-refractivity contribution in [3.8, 4) is 11.5 Å². The fourth-order valence-corrected chi connectivity index (χ4v) is 4.62. The highest BCUT2D eigenvalue weighted by molar-refractivity contribution is 5.95. The van der Waals surface area contributed by atoms with Gasteiger partial charge < -0.3 is 38.6 Å². The van der Waals surface area contributed by atoms with Gasteiger partial charge in [0.1, 0.15) is 29.3 Å². The van der Waals surface area contributed by atoms with Crippen LogP contribution in [0.4, 0.5) is 0 Å². The van der Waals surface area contributed by atoms with Crippen LogP contribution in [0.1, 0.15) is 60.4 Å². The average Bonchev–Trinajstić information content (AvgIpc) is 3.33. The Morgan fingerprint density at radius 3 is 2.52 bits per heavy atom. The van der Waals surface area contributed by atoms with E-state index in [1.54, 1.807) is 75.4 Å². The average molecular weight is 640 g/mol. The quantitative estimate of drug-likeness (QED) is 0.0410. The normalized spacial score (nSPS) is 19.3. The Hall–Kier alpha value is -4.39. The van der Waals surface area contributed by atoms with E-state index in [2.05, 4.69) is 10.0 Å². The summed E-state index contributed by atoms with van der Waals surface area (Å²) in [7, 11) is 1.41. The van der Waals surface area contributed by atoms with Gasteiger partial charge in [0.2, 0.25) is 0 Å². The summed E-state index contributed by atoms with van der Waals surface area (Å²) in [6, 6.07) is 11.5. The number of azide groups is 1. The summed E-state index contributed by atoms with van der Waals surface area (Å²) < 4.78 is 34.5. The number of nitrogens with zero attached hydrogens (tertiary/aromatic N) is 3. The van der Waals surface area contributed by atoms with Gasteiger partial charge in [0.25, 0.3) is 0 Å². The smallest absolute Gasteiger partial charge is 0.340 e. The minimum atomic E-state index is -1.23. The molecule has 3 rings (SSSR count). The minimum Gasteiger partial charge on any atom is -0.493 e. The monoisotopic (exact) mass is 639 g/mol. The lowest BCUT2D eigenvalue weighted by molar-refractivity contribution is -0.152. The number of hydrogen-bond acceptors (Lipinski definition) is 10. The van der Waals surface area contributed by atoms with Gasteiger partial charge in [0.15, 0.2) is 12.6 Å². The summed E-state index contributed by atoms with van der Waals surface area (Å²) in [5.41, 5.74) is 9.07. The lowest BCUT2D eigenvalue weighted by Gasteiger charge is -2.25. The largest absolute Gasteiger partial charge is 0.493 e. The number of carbonyl (C=O) groups excluding carboxylic acids is 1. The van der Waals surface area contributed by atoms with Crippen molar-refractivity contribution in [2.45, 2.75) is 64.3 Å². The molecule has 5 atom stereocenters. The van der Waals surface area contributed by atoms with E-state index in [0.717, 1.165) is 0 Å². The second kappa shape index (κ2) is 17.3. The molecule has 1 saturated heterocycles. The Labute approximate surface area is 267 Å². The maximum absolute atomic E-state index is 13.1. The highest BCUT2D eigenvalue weighted by Gasteiger charge is 2.45. The second-order valence-electron chi connectivity index (χ2n) is 11.0. The summed E-state index contributed by atoms with van der Waals surface area (Å²) >= 11 is 0. The van der Waals surface area contributed by atoms with E-state index in [0.29, 0.717) is 11.3 Å². The summed E-state index contributed by atoms with van der Waals surface area (Å²) in [6.07, 6.45) is 4.21. The number of methoxy groups -OCH3 is 1. The molecule has 46 heavy (non-hydrogen) atoms. The molecule has 0 bridgehead atoms. The summed E-state index contributed by atoms with van der Waals surface area (Å²) in [5, 5.41) is 23.5. The van der Waals surface area contributed by atoms with Crippen molar-refractivity contribution in [3.63, 3.8) is 0 Å². The number of esters is 1. The number of ether oxygens (including phenoxy) is 6. The van der Waals surface area contributed by atoms with E-state index in [-0.39, 0.29) is 49.2 Å². The highest BCUT2D eigenvalue weighted by atomic mass is 16.8. The molecule has 248 valence electrons. The number of aliphatic hydroxyl groups is 1.